The zero-order valence-corrected chi connectivity index (χ0v) is 15.4. The van der Waals surface area contributed by atoms with Crippen LogP contribution in [0.2, 0.25) is 0 Å². The van der Waals surface area contributed by atoms with Gasteiger partial charge in [0, 0.05) is 17.8 Å². The molecule has 0 radical (unpaired) electrons. The average molecular weight is 390 g/mol. The fourth-order valence-corrected chi connectivity index (χ4v) is 2.98. The van der Waals surface area contributed by atoms with E-state index in [1.54, 1.807) is 12.1 Å². The lowest BCUT2D eigenvalue weighted by atomic mass is 10.2. The summed E-state index contributed by atoms with van der Waals surface area (Å²) in [4.78, 5) is 35.3. The van der Waals surface area contributed by atoms with E-state index in [1.165, 1.54) is 24.3 Å². The smallest absolute Gasteiger partial charge is 0.317 e. The van der Waals surface area contributed by atoms with Gasteiger partial charge in [0.25, 0.3) is 0 Å². The third-order valence-electron chi connectivity index (χ3n) is 3.53. The first-order valence-electron chi connectivity index (χ1n) is 8.10. The predicted octanol–water partition coefficient (Wildman–Crippen LogP) is 3.29. The summed E-state index contributed by atoms with van der Waals surface area (Å²) in [5.41, 5.74) is 2.03. The van der Waals surface area contributed by atoms with E-state index in [4.69, 9.17) is 0 Å². The fraction of sp³-hybridized carbons (Fsp3) is 0.211. The van der Waals surface area contributed by atoms with E-state index in [0.29, 0.717) is 11.4 Å². The number of halogens is 1. The van der Waals surface area contributed by atoms with Gasteiger partial charge in [0.1, 0.15) is 11.1 Å². The van der Waals surface area contributed by atoms with Gasteiger partial charge in [-0.2, -0.15) is 0 Å². The Morgan fingerprint density at radius 1 is 0.963 bits per heavy atom. The maximum Gasteiger partial charge on any atom is 0.317 e. The highest BCUT2D eigenvalue weighted by Gasteiger charge is 2.23. The SMILES string of the molecule is Cc1ccc(NC(=O)C[C@H](SCC(=O)Nc2ccc(F)cc2)C(=O)O)cc1. The largest absolute Gasteiger partial charge is 0.480 e. The molecule has 142 valence electrons. The molecular formula is C19H19FN2O4S. The van der Waals surface area contributed by atoms with E-state index < -0.39 is 28.9 Å². The second-order valence-electron chi connectivity index (χ2n) is 5.81. The van der Waals surface area contributed by atoms with Crippen LogP contribution in [0.15, 0.2) is 48.5 Å². The fourth-order valence-electron chi connectivity index (χ4n) is 2.14. The molecule has 2 rings (SSSR count). The van der Waals surface area contributed by atoms with Gasteiger partial charge >= 0.3 is 5.97 Å². The van der Waals surface area contributed by atoms with Crippen LogP contribution in [-0.4, -0.2) is 33.9 Å². The predicted molar refractivity (Wildman–Crippen MR) is 103 cm³/mol. The Labute approximate surface area is 160 Å². The molecule has 0 saturated carbocycles. The van der Waals surface area contributed by atoms with Crippen molar-refractivity contribution in [2.24, 2.45) is 0 Å². The number of anilines is 2. The Bertz CT molecular complexity index is 809. The van der Waals surface area contributed by atoms with Crippen LogP contribution in [0.3, 0.4) is 0 Å². The lowest BCUT2D eigenvalue weighted by Gasteiger charge is -2.12. The third kappa shape index (κ3) is 7.10. The molecule has 8 heteroatoms. The van der Waals surface area contributed by atoms with Gasteiger partial charge in [-0.05, 0) is 43.3 Å². The molecule has 6 nitrogen and oxygen atoms in total. The van der Waals surface area contributed by atoms with E-state index in [2.05, 4.69) is 10.6 Å². The number of amides is 2. The summed E-state index contributed by atoms with van der Waals surface area (Å²) < 4.78 is 12.8. The number of aliphatic carboxylic acids is 1. The van der Waals surface area contributed by atoms with Crippen molar-refractivity contribution in [2.45, 2.75) is 18.6 Å². The monoisotopic (exact) mass is 390 g/mol. The molecule has 0 unspecified atom stereocenters. The number of carboxylic acids is 1. The molecule has 0 saturated heterocycles. The van der Waals surface area contributed by atoms with Gasteiger partial charge in [-0.25, -0.2) is 4.39 Å². The number of nitrogens with one attached hydrogen (secondary N) is 2. The van der Waals surface area contributed by atoms with E-state index in [0.717, 1.165) is 17.3 Å². The molecule has 0 fully saturated rings. The summed E-state index contributed by atoms with van der Waals surface area (Å²) in [5, 5.41) is 13.4. The number of hydrogen-bond donors (Lipinski definition) is 3. The van der Waals surface area contributed by atoms with Crippen molar-refractivity contribution in [3.05, 3.63) is 59.9 Å². The van der Waals surface area contributed by atoms with Crippen molar-refractivity contribution in [2.75, 3.05) is 16.4 Å². The lowest BCUT2D eigenvalue weighted by Crippen LogP contribution is -2.26. The van der Waals surface area contributed by atoms with Crippen LogP contribution in [0.4, 0.5) is 15.8 Å². The number of carboxylic acid groups (broad SMARTS) is 1. The van der Waals surface area contributed by atoms with E-state index in [-0.39, 0.29) is 12.2 Å². The molecule has 0 aliphatic heterocycles. The maximum atomic E-state index is 12.8. The molecule has 0 heterocycles. The standard InChI is InChI=1S/C19H19FN2O4S/c1-12-2-6-14(7-3-12)21-17(23)10-16(19(25)26)27-11-18(24)22-15-8-4-13(20)5-9-15/h2-9,16H,10-11H2,1H3,(H,21,23)(H,22,24)(H,25,26)/t16-/m0/s1. The first-order chi connectivity index (χ1) is 12.8. The molecule has 0 aliphatic rings. The number of carbonyl (C=O) groups is 3. The molecule has 3 N–H and O–H groups in total. The number of rotatable bonds is 8. The molecule has 27 heavy (non-hydrogen) atoms. The van der Waals surface area contributed by atoms with Gasteiger partial charge in [-0.1, -0.05) is 17.7 Å². The van der Waals surface area contributed by atoms with Gasteiger partial charge in [0.05, 0.1) is 5.75 Å². The molecule has 1 atom stereocenters. The third-order valence-corrected chi connectivity index (χ3v) is 4.72. The van der Waals surface area contributed by atoms with E-state index >= 15 is 0 Å². The van der Waals surface area contributed by atoms with Crippen LogP contribution < -0.4 is 10.6 Å². The van der Waals surface area contributed by atoms with Crippen molar-refractivity contribution in [1.29, 1.82) is 0 Å². The Morgan fingerprint density at radius 2 is 1.48 bits per heavy atom. The number of thioether (sulfide) groups is 1. The number of hydrogen-bond acceptors (Lipinski definition) is 4. The van der Waals surface area contributed by atoms with Crippen LogP contribution in [-0.2, 0) is 14.4 Å². The minimum Gasteiger partial charge on any atom is -0.480 e. The normalized spacial score (nSPS) is 11.5. The first-order valence-corrected chi connectivity index (χ1v) is 9.14. The Morgan fingerprint density at radius 3 is 2.04 bits per heavy atom. The summed E-state index contributed by atoms with van der Waals surface area (Å²) in [5.74, 6) is -2.62. The van der Waals surface area contributed by atoms with Gasteiger partial charge in [-0.15, -0.1) is 11.8 Å². The van der Waals surface area contributed by atoms with Crippen molar-refractivity contribution in [1.82, 2.24) is 0 Å². The maximum absolute atomic E-state index is 12.8. The zero-order valence-electron chi connectivity index (χ0n) is 14.6. The highest BCUT2D eigenvalue weighted by atomic mass is 32.2. The molecule has 0 aromatic heterocycles. The number of aryl methyl sites for hydroxylation is 1. The average Bonchev–Trinajstić information content (AvgIpc) is 2.62. The van der Waals surface area contributed by atoms with Crippen LogP contribution in [0.25, 0.3) is 0 Å². The lowest BCUT2D eigenvalue weighted by molar-refractivity contribution is -0.137. The van der Waals surface area contributed by atoms with Gasteiger partial charge in [0.15, 0.2) is 0 Å². The molecule has 2 amide bonds. The van der Waals surface area contributed by atoms with Crippen LogP contribution in [0.5, 0.6) is 0 Å². The van der Waals surface area contributed by atoms with Gasteiger partial charge < -0.3 is 15.7 Å². The Balaban J connectivity index is 1.84. The molecule has 0 bridgehead atoms. The van der Waals surface area contributed by atoms with Crippen molar-refractivity contribution >= 4 is 40.9 Å². The van der Waals surface area contributed by atoms with Crippen molar-refractivity contribution in [3.8, 4) is 0 Å². The summed E-state index contributed by atoms with van der Waals surface area (Å²) in [6, 6.07) is 12.3. The second kappa shape index (κ2) is 9.72. The molecule has 2 aromatic carbocycles. The first kappa shape index (κ1) is 20.4. The second-order valence-corrected chi connectivity index (χ2v) is 7.00. The van der Waals surface area contributed by atoms with E-state index in [1.807, 2.05) is 19.1 Å². The van der Waals surface area contributed by atoms with E-state index in [9.17, 15) is 23.9 Å². The number of benzene rings is 2. The Hall–Kier alpha value is -2.87. The zero-order chi connectivity index (χ0) is 19.8. The summed E-state index contributed by atoms with van der Waals surface area (Å²) in [7, 11) is 0. The number of carbonyl (C=O) groups excluding carboxylic acids is 2. The molecule has 0 aliphatic carbocycles. The minimum absolute atomic E-state index is 0.147. The summed E-state index contributed by atoms with van der Waals surface area (Å²) in [6.07, 6.45) is -0.266. The minimum atomic E-state index is -1.17. The molecular weight excluding hydrogens is 371 g/mol. The van der Waals surface area contributed by atoms with Crippen LogP contribution >= 0.6 is 11.8 Å². The van der Waals surface area contributed by atoms with Crippen molar-refractivity contribution in [3.63, 3.8) is 0 Å². The Kier molecular flexibility index (Phi) is 7.36. The highest BCUT2D eigenvalue weighted by Crippen LogP contribution is 2.18. The summed E-state index contributed by atoms with van der Waals surface area (Å²) in [6.45, 7) is 1.92. The van der Waals surface area contributed by atoms with Crippen LogP contribution in [0, 0.1) is 12.7 Å². The summed E-state index contributed by atoms with van der Waals surface area (Å²) >= 11 is 0.855. The van der Waals surface area contributed by atoms with Gasteiger partial charge in [0.2, 0.25) is 11.8 Å². The molecule has 0 spiro atoms. The topological polar surface area (TPSA) is 95.5 Å². The van der Waals surface area contributed by atoms with Crippen LogP contribution in [0.1, 0.15) is 12.0 Å². The highest BCUT2D eigenvalue weighted by molar-refractivity contribution is 8.01. The van der Waals surface area contributed by atoms with Crippen molar-refractivity contribution < 1.29 is 23.9 Å². The quantitative estimate of drug-likeness (QED) is 0.643. The molecule has 2 aromatic rings. The van der Waals surface area contributed by atoms with Gasteiger partial charge in [-0.3, -0.25) is 14.4 Å².